The second kappa shape index (κ2) is 9.68. The van der Waals surface area contributed by atoms with Gasteiger partial charge >= 0.3 is 0 Å². The molecule has 179 valence electrons. The first-order valence-electron chi connectivity index (χ1n) is 12.0. The van der Waals surface area contributed by atoms with Crippen LogP contribution in [0.1, 0.15) is 15.9 Å². The van der Waals surface area contributed by atoms with E-state index < -0.39 is 13.9 Å². The number of amides is 1. The summed E-state index contributed by atoms with van der Waals surface area (Å²) in [5.41, 5.74) is 3.79. The Morgan fingerprint density at radius 2 is 1.80 bits per heavy atom. The predicted molar refractivity (Wildman–Crippen MR) is 142 cm³/mol. The van der Waals surface area contributed by atoms with Gasteiger partial charge in [-0.25, -0.2) is 14.4 Å². The number of hydrogen-bond acceptors (Lipinski definition) is 4. The average molecular weight is 485 g/mol. The molecule has 0 saturated carbocycles. The van der Waals surface area contributed by atoms with Crippen molar-refractivity contribution in [3.8, 4) is 11.3 Å². The zero-order chi connectivity index (χ0) is 24.4. The molecule has 1 saturated heterocycles. The number of carbonyl (C=O) groups is 1. The lowest BCUT2D eigenvalue weighted by molar-refractivity contribution is 0.102. The van der Waals surface area contributed by atoms with Crippen molar-refractivity contribution in [2.24, 2.45) is 0 Å². The van der Waals surface area contributed by atoms with Crippen LogP contribution in [0.3, 0.4) is 0 Å². The van der Waals surface area contributed by atoms with E-state index in [1.807, 2.05) is 0 Å². The van der Waals surface area contributed by atoms with Crippen LogP contribution in [0.25, 0.3) is 22.2 Å². The van der Waals surface area contributed by atoms with Crippen molar-refractivity contribution >= 4 is 30.7 Å². The third-order valence-electron chi connectivity index (χ3n) is 6.79. The van der Waals surface area contributed by atoms with Gasteiger partial charge in [-0.15, -0.1) is 20.2 Å². The Morgan fingerprint density at radius 1 is 1.03 bits per heavy atom. The molecule has 0 atom stereocenters. The summed E-state index contributed by atoms with van der Waals surface area (Å²) in [4.78, 5) is 24.6. The summed E-state index contributed by atoms with van der Waals surface area (Å²) in [6.45, 7) is 8.27. The van der Waals surface area contributed by atoms with Crippen LogP contribution >= 0.6 is 0 Å². The van der Waals surface area contributed by atoms with Crippen LogP contribution in [0.2, 0.25) is 25.2 Å². The number of hydrogen-bond donors (Lipinski definition) is 1. The minimum absolute atomic E-state index is 0.351. The number of nitrogens with zero attached hydrogens (tertiary/aromatic N) is 3. The summed E-state index contributed by atoms with van der Waals surface area (Å²) in [6.07, 6.45) is 1.61. The molecule has 5 nitrogen and oxygen atoms in total. The van der Waals surface area contributed by atoms with Gasteiger partial charge in [0.1, 0.15) is 11.6 Å². The fraction of sp³-hybridized carbons (Fsp3) is 0.250. The maximum atomic E-state index is 14.0. The van der Waals surface area contributed by atoms with E-state index in [4.69, 9.17) is 4.98 Å². The predicted octanol–water partition coefficient (Wildman–Crippen LogP) is 6.21. The molecule has 1 aliphatic rings. The topological polar surface area (TPSA) is 58.1 Å². The summed E-state index contributed by atoms with van der Waals surface area (Å²) in [6, 6.07) is 22.4. The van der Waals surface area contributed by atoms with Gasteiger partial charge in [-0.2, -0.15) is 13.1 Å². The van der Waals surface area contributed by atoms with Crippen molar-refractivity contribution in [2.75, 3.05) is 18.4 Å². The van der Waals surface area contributed by atoms with Gasteiger partial charge < -0.3 is 10.2 Å². The van der Waals surface area contributed by atoms with Gasteiger partial charge in [0.25, 0.3) is 5.91 Å². The van der Waals surface area contributed by atoms with E-state index in [-0.39, 0.29) is 5.91 Å². The third-order valence-corrected chi connectivity index (χ3v) is 9.94. The van der Waals surface area contributed by atoms with Crippen LogP contribution in [-0.4, -0.2) is 41.9 Å². The molecule has 1 N–H and O–H groups in total. The van der Waals surface area contributed by atoms with E-state index in [1.54, 1.807) is 36.5 Å². The Kier molecular flexibility index (Phi) is 6.45. The highest BCUT2D eigenvalue weighted by Gasteiger charge is 2.19. The molecular weight excluding hydrogens is 455 g/mol. The van der Waals surface area contributed by atoms with Gasteiger partial charge in [0.15, 0.2) is 0 Å². The van der Waals surface area contributed by atoms with Gasteiger partial charge in [0.05, 0.1) is 16.8 Å². The first kappa shape index (κ1) is 23.3. The molecule has 0 unspecified atom stereocenters. The highest BCUT2D eigenvalue weighted by atomic mass is 28.3. The van der Waals surface area contributed by atoms with Crippen molar-refractivity contribution in [2.45, 2.75) is 31.7 Å². The van der Waals surface area contributed by atoms with E-state index in [1.165, 1.54) is 42.9 Å². The zero-order valence-electron chi connectivity index (χ0n) is 20.1. The van der Waals surface area contributed by atoms with Crippen molar-refractivity contribution in [3.63, 3.8) is 0 Å². The Hall–Kier alpha value is -3.42. The highest BCUT2D eigenvalue weighted by molar-refractivity contribution is 6.77. The minimum Gasteiger partial charge on any atom is -0.307 e. The second-order valence-corrected chi connectivity index (χ2v) is 15.4. The number of carbonyl (C=O) groups excluding carboxylic acids is 1. The lowest BCUT2D eigenvalue weighted by Crippen LogP contribution is -2.42. The highest BCUT2D eigenvalue weighted by Crippen LogP contribution is 2.28. The molecule has 1 amide bonds. The molecule has 3 heterocycles. The average Bonchev–Trinajstić information content (AvgIpc) is 2.86. The Bertz CT molecular complexity index is 1350. The molecule has 2 aromatic heterocycles. The number of benzene rings is 2. The number of anilines is 1. The maximum Gasteiger partial charge on any atom is 0.257 e. The van der Waals surface area contributed by atoms with Crippen LogP contribution in [0.5, 0.6) is 0 Å². The summed E-state index contributed by atoms with van der Waals surface area (Å²) in [7, 11) is -0.978. The monoisotopic (exact) mass is 484 g/mol. The lowest BCUT2D eigenvalue weighted by atomic mass is 10.0. The number of aromatic nitrogens is 2. The van der Waals surface area contributed by atoms with Gasteiger partial charge in [0, 0.05) is 23.7 Å². The van der Waals surface area contributed by atoms with E-state index >= 15 is 0 Å². The SMILES string of the molecule is C[Si-]1(C)CCN(Cc2ccc(-c3cc(C(=O)Nc4ccccn4)c4cc(F)ccc4n3)cc2)CC1. The minimum atomic E-state index is -0.978. The summed E-state index contributed by atoms with van der Waals surface area (Å²) >= 11 is 0. The molecule has 5 rings (SSSR count). The first-order valence-corrected chi connectivity index (χ1v) is 15.4. The number of fused-ring (bicyclic) bond motifs is 1. The van der Waals surface area contributed by atoms with Gasteiger partial charge in [-0.3, -0.25) is 4.79 Å². The van der Waals surface area contributed by atoms with Crippen LogP contribution in [0, 0.1) is 5.82 Å². The molecule has 0 bridgehead atoms. The Balaban J connectivity index is 1.42. The maximum absolute atomic E-state index is 14.0. The van der Waals surface area contributed by atoms with E-state index in [9.17, 15) is 9.18 Å². The van der Waals surface area contributed by atoms with Crippen LogP contribution < -0.4 is 5.32 Å². The summed E-state index contributed by atoms with van der Waals surface area (Å²) < 4.78 is 14.0. The molecule has 0 spiro atoms. The van der Waals surface area contributed by atoms with Crippen molar-refractivity contribution in [3.05, 3.63) is 89.9 Å². The number of pyridine rings is 2. The molecule has 4 aromatic rings. The van der Waals surface area contributed by atoms with Crippen molar-refractivity contribution in [1.29, 1.82) is 0 Å². The summed E-state index contributed by atoms with van der Waals surface area (Å²) in [5.74, 6) is -0.322. The molecular formula is C28H29FN4OSi-. The molecule has 7 heteroatoms. The quantitative estimate of drug-likeness (QED) is 0.342. The fourth-order valence-corrected chi connectivity index (χ4v) is 6.60. The Morgan fingerprint density at radius 3 is 2.51 bits per heavy atom. The van der Waals surface area contributed by atoms with E-state index in [0.29, 0.717) is 28.0 Å². The second-order valence-electron chi connectivity index (χ2n) is 10.0. The van der Waals surface area contributed by atoms with Crippen molar-refractivity contribution < 1.29 is 9.18 Å². The molecule has 1 fully saturated rings. The number of rotatable bonds is 5. The standard InChI is InChI=1S/C28H29FN4OSi/c1-35(2)15-13-33(14-16-35)19-20-6-8-21(9-7-20)26-18-24(23-17-22(29)10-11-25(23)31-26)28(34)32-27-5-3-4-12-30-27/h3-12,17-18H,13-16,19H2,1-2H3,(H,30,32,34)/q-1. The molecule has 35 heavy (non-hydrogen) atoms. The van der Waals surface area contributed by atoms with Crippen LogP contribution in [-0.2, 0) is 6.54 Å². The molecule has 2 aromatic carbocycles. The van der Waals surface area contributed by atoms with E-state index in [2.05, 4.69) is 52.6 Å². The zero-order valence-corrected chi connectivity index (χ0v) is 21.1. The number of nitrogens with one attached hydrogen (secondary N) is 1. The van der Waals surface area contributed by atoms with Gasteiger partial charge in [-0.05, 0) is 55.1 Å². The first-order chi connectivity index (χ1) is 16.9. The molecule has 0 aliphatic carbocycles. The largest absolute Gasteiger partial charge is 0.307 e. The lowest BCUT2D eigenvalue weighted by Gasteiger charge is -2.43. The van der Waals surface area contributed by atoms with Gasteiger partial charge in [0.2, 0.25) is 0 Å². The number of halogens is 1. The van der Waals surface area contributed by atoms with Crippen LogP contribution in [0.15, 0.2) is 72.9 Å². The Labute approximate surface area is 206 Å². The van der Waals surface area contributed by atoms with Crippen LogP contribution in [0.4, 0.5) is 10.2 Å². The molecule has 1 aliphatic heterocycles. The van der Waals surface area contributed by atoms with Gasteiger partial charge in [-0.1, -0.05) is 30.3 Å². The summed E-state index contributed by atoms with van der Waals surface area (Å²) in [5, 5.41) is 3.27. The normalized spacial score (nSPS) is 15.7. The smallest absolute Gasteiger partial charge is 0.257 e. The molecule has 0 radical (unpaired) electrons. The van der Waals surface area contributed by atoms with Crippen molar-refractivity contribution in [1.82, 2.24) is 14.9 Å². The van der Waals surface area contributed by atoms with E-state index in [0.717, 1.165) is 12.1 Å². The third kappa shape index (κ3) is 5.47. The fourth-order valence-electron chi connectivity index (χ4n) is 4.51.